The Morgan fingerprint density at radius 1 is 0.481 bits per heavy atom. The Morgan fingerprint density at radius 2 is 0.901 bits per heavy atom. The van der Waals surface area contributed by atoms with E-state index in [1.165, 1.54) is 0 Å². The van der Waals surface area contributed by atoms with Crippen molar-refractivity contribution in [1.29, 1.82) is 0 Å². The molecule has 28 heteroatoms. The normalized spacial score (nSPS) is 13.5. The molecule has 22 N–H and O–H groups in total. The number of nitrogens with zero attached hydrogens (tertiary/aromatic N) is 2. The summed E-state index contributed by atoms with van der Waals surface area (Å²) in [5.74, 6) is -9.11. The summed E-state index contributed by atoms with van der Waals surface area (Å²) >= 11 is 0. The molecule has 0 fully saturated rings. The number of benzene rings is 2. The maximum absolute atomic E-state index is 14.5. The lowest BCUT2D eigenvalue weighted by Gasteiger charge is -2.29. The first-order valence-corrected chi connectivity index (χ1v) is 26.9. The van der Waals surface area contributed by atoms with E-state index in [1.54, 1.807) is 74.5 Å². The summed E-state index contributed by atoms with van der Waals surface area (Å²) in [5, 5.41) is 32.3. The summed E-state index contributed by atoms with van der Waals surface area (Å²) < 4.78 is 0. The van der Waals surface area contributed by atoms with E-state index < -0.39 is 127 Å². The van der Waals surface area contributed by atoms with Crippen LogP contribution in [0.1, 0.15) is 90.2 Å². The van der Waals surface area contributed by atoms with E-state index in [2.05, 4.69) is 57.8 Å². The highest BCUT2D eigenvalue weighted by atomic mass is 16.4. The van der Waals surface area contributed by atoms with Crippen LogP contribution in [-0.4, -0.2) is 158 Å². The van der Waals surface area contributed by atoms with Crippen LogP contribution >= 0.6 is 0 Å². The van der Waals surface area contributed by atoms with E-state index >= 15 is 0 Å². The highest BCUT2D eigenvalue weighted by Gasteiger charge is 2.35. The van der Waals surface area contributed by atoms with Crippen LogP contribution in [-0.2, 0) is 60.8 Å². The molecule has 0 aliphatic rings. The van der Waals surface area contributed by atoms with Gasteiger partial charge in [-0.3, -0.25) is 57.9 Å². The fourth-order valence-electron chi connectivity index (χ4n) is 7.97. The third-order valence-corrected chi connectivity index (χ3v) is 12.2. The Labute approximate surface area is 472 Å². The SMILES string of the molecule is CC(C)C[C@@H](NC(=O)[C@H](NC(=O)[C@@H](Cc1ccccc1)NC(=O)[C@@H](Cc1ccccc1)NC(=O)CNC(=O)[C@H](N)CCCN=C(N)N)C(C)C)C(=O)N[C@H](CCCCN)C(=O)NCC(=O)N[C@H](CCCN=C(N)N)C(=O)NCC(=O)O. The minimum absolute atomic E-state index is 0.0130. The molecule has 0 unspecified atom stereocenters. The standard InChI is InChI=1S/C53H85N17O11/c1-31(2)25-38(48(78)67-37(20-11-12-22-54)47(77)63-29-41(71)65-36(21-14-24-61-53(58)59)46(76)64-30-43(73)74)69-51(81)44(32(3)4)70-50(80)40(27-34-17-9-6-10-18-34)68-49(79)39(26-33-15-7-5-8-16-33)66-42(72)28-62-45(75)35(55)19-13-23-60-52(56)57/h5-10,15-18,31-32,35-40,44H,11-14,19-30,54-55H2,1-4H3,(H,62,75)(H,63,77)(H,64,76)(H,65,71)(H,66,72)(H,67,78)(H,68,79)(H,69,81)(H,70,80)(H,73,74)(H4,56,57,60)(H4,58,59,61)/t35-,36-,37-,38-,39-,40-,44-/m1/s1. The smallest absolute Gasteiger partial charge is 0.322 e. The summed E-state index contributed by atoms with van der Waals surface area (Å²) in [6.07, 6.45) is 1.82. The van der Waals surface area contributed by atoms with Crippen LogP contribution < -0.4 is 82.3 Å². The number of rotatable bonds is 38. The van der Waals surface area contributed by atoms with Crippen LogP contribution in [0.15, 0.2) is 70.6 Å². The van der Waals surface area contributed by atoms with Gasteiger partial charge in [0.15, 0.2) is 11.9 Å². The molecule has 0 heterocycles. The number of carbonyl (C=O) groups is 10. The van der Waals surface area contributed by atoms with Crippen LogP contribution in [0.3, 0.4) is 0 Å². The number of aliphatic carboxylic acids is 1. The average Bonchev–Trinajstić information content (AvgIpc) is 3.42. The van der Waals surface area contributed by atoms with Gasteiger partial charge in [-0.15, -0.1) is 0 Å². The van der Waals surface area contributed by atoms with Crippen molar-refractivity contribution in [2.75, 3.05) is 39.3 Å². The molecule has 448 valence electrons. The van der Waals surface area contributed by atoms with Crippen molar-refractivity contribution in [2.45, 2.75) is 134 Å². The monoisotopic (exact) mass is 1140 g/mol. The van der Waals surface area contributed by atoms with Crippen molar-refractivity contribution in [1.82, 2.24) is 47.9 Å². The predicted molar refractivity (Wildman–Crippen MR) is 304 cm³/mol. The summed E-state index contributed by atoms with van der Waals surface area (Å²) in [5.41, 5.74) is 34.5. The van der Waals surface area contributed by atoms with E-state index in [0.717, 1.165) is 0 Å². The molecular formula is C53H85N17O11. The van der Waals surface area contributed by atoms with Crippen molar-refractivity contribution in [2.24, 2.45) is 56.2 Å². The van der Waals surface area contributed by atoms with Gasteiger partial charge in [-0.1, -0.05) is 88.4 Å². The molecule has 28 nitrogen and oxygen atoms in total. The summed E-state index contributed by atoms with van der Waals surface area (Å²) in [4.78, 5) is 142. The maximum Gasteiger partial charge on any atom is 0.322 e. The van der Waals surface area contributed by atoms with Gasteiger partial charge in [-0.2, -0.15) is 0 Å². The van der Waals surface area contributed by atoms with Gasteiger partial charge in [0.2, 0.25) is 53.2 Å². The number of hydrogen-bond donors (Lipinski definition) is 16. The minimum atomic E-state index is -1.32. The van der Waals surface area contributed by atoms with Gasteiger partial charge in [0.05, 0.1) is 19.1 Å². The number of hydrogen-bond acceptors (Lipinski definition) is 14. The van der Waals surface area contributed by atoms with Crippen molar-refractivity contribution in [3.8, 4) is 0 Å². The lowest BCUT2D eigenvalue weighted by molar-refractivity contribution is -0.138. The van der Waals surface area contributed by atoms with E-state index in [9.17, 15) is 47.9 Å². The Bertz CT molecular complexity index is 2420. The Balaban J connectivity index is 2.33. The first-order valence-electron chi connectivity index (χ1n) is 26.9. The molecular weight excluding hydrogens is 1050 g/mol. The number of nitrogens with one attached hydrogen (secondary N) is 9. The lowest BCUT2D eigenvalue weighted by Crippen LogP contribution is -2.61. The first kappa shape index (κ1) is 68.7. The molecule has 0 aliphatic heterocycles. The molecule has 81 heavy (non-hydrogen) atoms. The number of aliphatic imine (C=N–C) groups is 2. The van der Waals surface area contributed by atoms with Gasteiger partial charge in [0.1, 0.15) is 42.8 Å². The van der Waals surface area contributed by atoms with Crippen LogP contribution in [0.5, 0.6) is 0 Å². The zero-order chi connectivity index (χ0) is 60.4. The summed E-state index contributed by atoms with van der Waals surface area (Å²) in [6.45, 7) is 5.71. The molecule has 9 amide bonds. The fourth-order valence-corrected chi connectivity index (χ4v) is 7.97. The van der Waals surface area contributed by atoms with Crippen molar-refractivity contribution < 1.29 is 53.1 Å². The Morgan fingerprint density at radius 3 is 1.40 bits per heavy atom. The number of carboxylic acid groups (broad SMARTS) is 1. The van der Waals surface area contributed by atoms with E-state index in [-0.39, 0.29) is 82.4 Å². The summed E-state index contributed by atoms with van der Waals surface area (Å²) in [6, 6.07) is 9.01. The molecule has 2 aromatic carbocycles. The molecule has 0 aromatic heterocycles. The largest absolute Gasteiger partial charge is 0.480 e. The number of nitrogens with two attached hydrogens (primary N) is 6. The number of carbonyl (C=O) groups excluding carboxylic acids is 9. The number of guanidine groups is 2. The highest BCUT2D eigenvalue weighted by molar-refractivity contribution is 5.98. The van der Waals surface area contributed by atoms with Crippen LogP contribution in [0.25, 0.3) is 0 Å². The van der Waals surface area contributed by atoms with Crippen molar-refractivity contribution in [3.63, 3.8) is 0 Å². The molecule has 0 bridgehead atoms. The Hall–Kier alpha value is -8.40. The molecule has 0 aliphatic carbocycles. The lowest BCUT2D eigenvalue weighted by atomic mass is 9.98. The second kappa shape index (κ2) is 37.5. The molecule has 7 atom stereocenters. The van der Waals surface area contributed by atoms with Gasteiger partial charge in [0, 0.05) is 25.9 Å². The van der Waals surface area contributed by atoms with Crippen LogP contribution in [0, 0.1) is 11.8 Å². The van der Waals surface area contributed by atoms with Gasteiger partial charge < -0.3 is 87.4 Å². The third-order valence-electron chi connectivity index (χ3n) is 12.2. The molecule has 2 aromatic rings. The number of carboxylic acids is 1. The zero-order valence-electron chi connectivity index (χ0n) is 46.7. The minimum Gasteiger partial charge on any atom is -0.480 e. The fraction of sp³-hybridized carbons (Fsp3) is 0.547. The Kier molecular flexibility index (Phi) is 31.8. The number of unbranched alkanes of at least 4 members (excludes halogenated alkanes) is 1. The third kappa shape index (κ3) is 28.9. The van der Waals surface area contributed by atoms with E-state index in [1.807, 2.05) is 13.8 Å². The summed E-state index contributed by atoms with van der Waals surface area (Å²) in [7, 11) is 0. The maximum atomic E-state index is 14.5. The number of amides is 9. The van der Waals surface area contributed by atoms with Crippen LogP contribution in [0.4, 0.5) is 0 Å². The molecule has 0 saturated carbocycles. The second-order valence-electron chi connectivity index (χ2n) is 20.0. The average molecular weight is 1140 g/mol. The van der Waals surface area contributed by atoms with Crippen molar-refractivity contribution in [3.05, 3.63) is 71.8 Å². The van der Waals surface area contributed by atoms with Crippen molar-refractivity contribution >= 4 is 71.1 Å². The molecule has 2 rings (SSSR count). The predicted octanol–water partition coefficient (Wildman–Crippen LogP) is -3.92. The van der Waals surface area contributed by atoms with E-state index in [4.69, 9.17) is 39.5 Å². The second-order valence-corrected chi connectivity index (χ2v) is 20.0. The molecule has 0 spiro atoms. The van der Waals surface area contributed by atoms with Crippen LogP contribution in [0.2, 0.25) is 0 Å². The quantitative estimate of drug-likeness (QED) is 0.0174. The molecule has 0 radical (unpaired) electrons. The zero-order valence-corrected chi connectivity index (χ0v) is 46.7. The topological polar surface area (TPSA) is 480 Å². The van der Waals surface area contributed by atoms with Gasteiger partial charge in [-0.05, 0) is 80.9 Å². The highest BCUT2D eigenvalue weighted by Crippen LogP contribution is 2.13. The van der Waals surface area contributed by atoms with Gasteiger partial charge in [-0.25, -0.2) is 0 Å². The van der Waals surface area contributed by atoms with Gasteiger partial charge >= 0.3 is 5.97 Å². The van der Waals surface area contributed by atoms with E-state index in [0.29, 0.717) is 30.4 Å². The first-order chi connectivity index (χ1) is 38.4. The molecule has 0 saturated heterocycles. The van der Waals surface area contributed by atoms with Gasteiger partial charge in [0.25, 0.3) is 0 Å².